The maximum absolute atomic E-state index is 13.7. The number of hydrogen-bond donors (Lipinski definition) is 1. The van der Waals surface area contributed by atoms with Gasteiger partial charge in [-0.2, -0.15) is 0 Å². The van der Waals surface area contributed by atoms with E-state index in [0.29, 0.717) is 11.1 Å². The Bertz CT molecular complexity index is 845. The van der Waals surface area contributed by atoms with Crippen LogP contribution in [0.5, 0.6) is 5.75 Å². The van der Waals surface area contributed by atoms with Gasteiger partial charge in [-0.25, -0.2) is 0 Å². The van der Waals surface area contributed by atoms with E-state index in [2.05, 4.69) is 0 Å². The summed E-state index contributed by atoms with van der Waals surface area (Å²) in [5, 5.41) is 11.2. The van der Waals surface area contributed by atoms with Gasteiger partial charge in [0.15, 0.2) is 0 Å². The van der Waals surface area contributed by atoms with Crippen LogP contribution in [-0.4, -0.2) is 11.3 Å². The van der Waals surface area contributed by atoms with Gasteiger partial charge in [-0.05, 0) is 36.8 Å². The van der Waals surface area contributed by atoms with Crippen molar-refractivity contribution in [3.63, 3.8) is 0 Å². The Labute approximate surface area is 148 Å². The first-order chi connectivity index (χ1) is 12.1. The molecule has 0 radical (unpaired) electrons. The summed E-state index contributed by atoms with van der Waals surface area (Å²) >= 11 is 0. The molecule has 1 N–H and O–H groups in total. The lowest BCUT2D eigenvalue weighted by Gasteiger charge is -2.23. The molecule has 25 heavy (non-hydrogen) atoms. The van der Waals surface area contributed by atoms with E-state index in [-0.39, 0.29) is 6.16 Å². The zero-order chi connectivity index (χ0) is 17.7. The van der Waals surface area contributed by atoms with Gasteiger partial charge in [0.1, 0.15) is 5.75 Å². The highest BCUT2D eigenvalue weighted by Gasteiger charge is 2.31. The first-order valence-electron chi connectivity index (χ1n) is 8.21. The minimum Gasteiger partial charge on any atom is -0.440 e. The van der Waals surface area contributed by atoms with Crippen LogP contribution in [0.2, 0.25) is 0 Å². The highest BCUT2D eigenvalue weighted by molar-refractivity contribution is 7.67. The number of benzene rings is 3. The highest BCUT2D eigenvalue weighted by atomic mass is 31.2. The number of aliphatic hydroxyl groups excluding tert-OH is 1. The molecule has 0 aliphatic carbocycles. The molecule has 3 nitrogen and oxygen atoms in total. The van der Waals surface area contributed by atoms with Crippen LogP contribution in [0.1, 0.15) is 17.2 Å². The number of hydrogen-bond acceptors (Lipinski definition) is 3. The van der Waals surface area contributed by atoms with Crippen molar-refractivity contribution in [1.29, 1.82) is 0 Å². The Hall–Kier alpha value is -2.35. The molecule has 0 saturated carbocycles. The van der Waals surface area contributed by atoms with Crippen LogP contribution < -0.4 is 9.83 Å². The van der Waals surface area contributed by atoms with Gasteiger partial charge in [0, 0.05) is 5.30 Å². The lowest BCUT2D eigenvalue weighted by molar-refractivity contribution is 0.199. The average Bonchev–Trinajstić information content (AvgIpc) is 2.63. The predicted octanol–water partition coefficient (Wildman–Crippen LogP) is 4.71. The first kappa shape index (κ1) is 17.5. The van der Waals surface area contributed by atoms with Crippen LogP contribution in [0.15, 0.2) is 84.9 Å². The first-order valence-corrected chi connectivity index (χ1v) is 10.0. The molecule has 0 fully saturated rings. The van der Waals surface area contributed by atoms with Crippen molar-refractivity contribution >= 4 is 12.7 Å². The molecule has 4 heteroatoms. The standard InChI is InChI=1S/C21H21O3P/c1-17-12-14-18(15-13-17)21(22)16-25(23,20-10-6-3-7-11-20)24-19-8-4-2-5-9-19/h2-15,21-22H,16H2,1H3/t21-,25?/m1/s1. The Balaban J connectivity index is 1.91. The Morgan fingerprint density at radius 2 is 1.44 bits per heavy atom. The summed E-state index contributed by atoms with van der Waals surface area (Å²) in [5.74, 6) is 0.533. The van der Waals surface area contributed by atoms with E-state index in [0.717, 1.165) is 11.1 Å². The van der Waals surface area contributed by atoms with Crippen molar-refractivity contribution in [3.8, 4) is 5.75 Å². The monoisotopic (exact) mass is 352 g/mol. The smallest absolute Gasteiger partial charge is 0.280 e. The van der Waals surface area contributed by atoms with Gasteiger partial charge in [-0.3, -0.25) is 4.57 Å². The average molecular weight is 352 g/mol. The van der Waals surface area contributed by atoms with E-state index in [1.807, 2.05) is 67.6 Å². The van der Waals surface area contributed by atoms with Crippen molar-refractivity contribution < 1.29 is 14.2 Å². The molecular weight excluding hydrogens is 331 g/mol. The molecule has 128 valence electrons. The summed E-state index contributed by atoms with van der Waals surface area (Å²) in [6.07, 6.45) is -0.843. The largest absolute Gasteiger partial charge is 0.440 e. The van der Waals surface area contributed by atoms with Crippen molar-refractivity contribution in [2.24, 2.45) is 0 Å². The topological polar surface area (TPSA) is 46.5 Å². The Morgan fingerprint density at radius 1 is 0.880 bits per heavy atom. The van der Waals surface area contributed by atoms with Crippen molar-refractivity contribution in [1.82, 2.24) is 0 Å². The second-order valence-electron chi connectivity index (χ2n) is 6.02. The van der Waals surface area contributed by atoms with Crippen LogP contribution in [0, 0.1) is 6.92 Å². The second kappa shape index (κ2) is 7.69. The third-order valence-corrected chi connectivity index (χ3v) is 6.44. The van der Waals surface area contributed by atoms with Crippen LogP contribution in [0.3, 0.4) is 0 Å². The minimum absolute atomic E-state index is 0.0228. The van der Waals surface area contributed by atoms with E-state index >= 15 is 0 Å². The summed E-state index contributed by atoms with van der Waals surface area (Å²) in [7, 11) is -3.28. The van der Waals surface area contributed by atoms with Gasteiger partial charge in [0.25, 0.3) is 7.37 Å². The fourth-order valence-electron chi connectivity index (χ4n) is 2.62. The van der Waals surface area contributed by atoms with Crippen LogP contribution in [-0.2, 0) is 4.57 Å². The predicted molar refractivity (Wildman–Crippen MR) is 102 cm³/mol. The molecule has 2 atom stereocenters. The SMILES string of the molecule is Cc1ccc([C@H](O)CP(=O)(Oc2ccccc2)c2ccccc2)cc1. The molecule has 0 aliphatic heterocycles. The maximum Gasteiger partial charge on any atom is 0.280 e. The van der Waals surface area contributed by atoms with E-state index < -0.39 is 13.5 Å². The number of rotatable bonds is 6. The van der Waals surface area contributed by atoms with Crippen molar-refractivity contribution in [2.75, 3.05) is 6.16 Å². The quantitative estimate of drug-likeness (QED) is 0.654. The van der Waals surface area contributed by atoms with E-state index in [4.69, 9.17) is 4.52 Å². The van der Waals surface area contributed by atoms with Gasteiger partial charge >= 0.3 is 0 Å². The fourth-order valence-corrected chi connectivity index (χ4v) is 4.77. The summed E-state index contributed by atoms with van der Waals surface area (Å²) in [5.41, 5.74) is 1.85. The Morgan fingerprint density at radius 3 is 2.04 bits per heavy atom. The molecule has 3 rings (SSSR count). The molecule has 0 aliphatic rings. The van der Waals surface area contributed by atoms with Gasteiger partial charge in [-0.1, -0.05) is 66.2 Å². The molecule has 1 unspecified atom stereocenters. The van der Waals surface area contributed by atoms with Gasteiger partial charge < -0.3 is 9.63 Å². The molecule has 0 spiro atoms. The lowest BCUT2D eigenvalue weighted by atomic mass is 10.1. The summed E-state index contributed by atoms with van der Waals surface area (Å²) in [6, 6.07) is 25.8. The van der Waals surface area contributed by atoms with E-state index in [9.17, 15) is 9.67 Å². The van der Waals surface area contributed by atoms with Crippen molar-refractivity contribution in [2.45, 2.75) is 13.0 Å². The van der Waals surface area contributed by atoms with Crippen LogP contribution in [0.4, 0.5) is 0 Å². The molecule has 0 bridgehead atoms. The number of aryl methyl sites for hydroxylation is 1. The Kier molecular flexibility index (Phi) is 5.37. The molecule has 0 aromatic heterocycles. The number of aliphatic hydroxyl groups is 1. The van der Waals surface area contributed by atoms with Gasteiger partial charge in [0.2, 0.25) is 0 Å². The third kappa shape index (κ3) is 4.39. The van der Waals surface area contributed by atoms with Gasteiger partial charge in [0.05, 0.1) is 12.3 Å². The molecule has 0 saturated heterocycles. The molecule has 3 aromatic carbocycles. The summed E-state index contributed by atoms with van der Waals surface area (Å²) in [6.45, 7) is 1.99. The van der Waals surface area contributed by atoms with Crippen LogP contribution >= 0.6 is 7.37 Å². The maximum atomic E-state index is 13.7. The zero-order valence-electron chi connectivity index (χ0n) is 14.1. The normalized spacial score (nSPS) is 14.5. The van der Waals surface area contributed by atoms with Crippen molar-refractivity contribution in [3.05, 3.63) is 96.1 Å². The van der Waals surface area contributed by atoms with Crippen LogP contribution in [0.25, 0.3) is 0 Å². The second-order valence-corrected chi connectivity index (χ2v) is 8.43. The fraction of sp³-hybridized carbons (Fsp3) is 0.143. The summed E-state index contributed by atoms with van der Waals surface area (Å²) < 4.78 is 19.6. The lowest BCUT2D eigenvalue weighted by Crippen LogP contribution is -2.17. The highest BCUT2D eigenvalue weighted by Crippen LogP contribution is 2.48. The van der Waals surface area contributed by atoms with E-state index in [1.165, 1.54) is 0 Å². The summed E-state index contributed by atoms with van der Waals surface area (Å²) in [4.78, 5) is 0. The molecular formula is C21H21O3P. The number of para-hydroxylation sites is 1. The third-order valence-electron chi connectivity index (χ3n) is 4.02. The van der Waals surface area contributed by atoms with E-state index in [1.54, 1.807) is 24.3 Å². The zero-order valence-corrected chi connectivity index (χ0v) is 15.0. The molecule has 0 amide bonds. The van der Waals surface area contributed by atoms with Gasteiger partial charge in [-0.15, -0.1) is 0 Å². The minimum atomic E-state index is -3.28. The molecule has 0 heterocycles. The molecule has 3 aromatic rings.